The van der Waals surface area contributed by atoms with Gasteiger partial charge in [0.2, 0.25) is 5.91 Å². The second-order valence-electron chi connectivity index (χ2n) is 6.78. The summed E-state index contributed by atoms with van der Waals surface area (Å²) < 4.78 is 21.7. The molecular formula is C22H27NO5. The lowest BCUT2D eigenvalue weighted by Crippen LogP contribution is -2.39. The maximum atomic E-state index is 12.3. The molecule has 1 amide bonds. The Morgan fingerprint density at radius 2 is 1.54 bits per heavy atom. The highest BCUT2D eigenvalue weighted by Crippen LogP contribution is 2.40. The molecule has 2 aromatic carbocycles. The molecule has 0 aromatic heterocycles. The second kappa shape index (κ2) is 8.42. The molecule has 6 heteroatoms. The molecule has 0 saturated heterocycles. The number of fused-ring (bicyclic) bond motifs is 1. The van der Waals surface area contributed by atoms with E-state index < -0.39 is 0 Å². The van der Waals surface area contributed by atoms with Crippen molar-refractivity contribution in [2.45, 2.75) is 25.8 Å². The quantitative estimate of drug-likeness (QED) is 0.763. The molecule has 0 aliphatic carbocycles. The summed E-state index contributed by atoms with van der Waals surface area (Å²) in [5.41, 5.74) is 3.34. The first-order valence-electron chi connectivity index (χ1n) is 9.25. The summed E-state index contributed by atoms with van der Waals surface area (Å²) in [5.74, 6) is 2.81. The van der Waals surface area contributed by atoms with Crippen molar-refractivity contribution in [3.05, 3.63) is 47.0 Å². The van der Waals surface area contributed by atoms with E-state index in [0.29, 0.717) is 36.0 Å². The molecule has 0 fully saturated rings. The van der Waals surface area contributed by atoms with Crippen molar-refractivity contribution >= 4 is 5.91 Å². The van der Waals surface area contributed by atoms with Gasteiger partial charge in [-0.15, -0.1) is 0 Å². The Labute approximate surface area is 166 Å². The van der Waals surface area contributed by atoms with E-state index in [1.165, 1.54) is 5.56 Å². The van der Waals surface area contributed by atoms with Gasteiger partial charge in [-0.1, -0.05) is 6.07 Å². The van der Waals surface area contributed by atoms with Crippen molar-refractivity contribution in [2.24, 2.45) is 0 Å². The van der Waals surface area contributed by atoms with Crippen LogP contribution in [0.15, 0.2) is 30.3 Å². The third-order valence-corrected chi connectivity index (χ3v) is 5.28. The topological polar surface area (TPSA) is 57.2 Å². The molecule has 0 saturated carbocycles. The number of rotatable bonds is 6. The van der Waals surface area contributed by atoms with Crippen LogP contribution < -0.4 is 18.9 Å². The van der Waals surface area contributed by atoms with E-state index in [2.05, 4.69) is 0 Å². The predicted molar refractivity (Wildman–Crippen MR) is 107 cm³/mol. The first-order chi connectivity index (χ1) is 13.5. The molecule has 0 bridgehead atoms. The predicted octanol–water partition coefficient (Wildman–Crippen LogP) is 3.41. The summed E-state index contributed by atoms with van der Waals surface area (Å²) in [7, 11) is 6.50. The molecule has 6 nitrogen and oxygen atoms in total. The molecule has 1 atom stereocenters. The molecule has 1 unspecified atom stereocenters. The number of carbonyl (C=O) groups is 1. The van der Waals surface area contributed by atoms with Crippen molar-refractivity contribution < 1.29 is 23.7 Å². The van der Waals surface area contributed by atoms with E-state index in [1.54, 1.807) is 35.4 Å². The van der Waals surface area contributed by atoms with Crippen molar-refractivity contribution in [3.63, 3.8) is 0 Å². The van der Waals surface area contributed by atoms with Gasteiger partial charge in [0.1, 0.15) is 0 Å². The van der Waals surface area contributed by atoms with E-state index in [0.717, 1.165) is 17.5 Å². The summed E-state index contributed by atoms with van der Waals surface area (Å²) in [6.45, 7) is 2.29. The van der Waals surface area contributed by atoms with Crippen LogP contribution in [0, 0.1) is 0 Å². The molecule has 28 heavy (non-hydrogen) atoms. The number of ether oxygens (including phenoxy) is 4. The zero-order chi connectivity index (χ0) is 20.3. The number of hydrogen-bond donors (Lipinski definition) is 0. The van der Waals surface area contributed by atoms with Crippen molar-refractivity contribution in [1.29, 1.82) is 0 Å². The smallest absolute Gasteiger partial charge is 0.219 e. The molecule has 1 aliphatic heterocycles. The van der Waals surface area contributed by atoms with Crippen LogP contribution in [-0.2, 0) is 17.6 Å². The zero-order valence-electron chi connectivity index (χ0n) is 17.1. The molecule has 0 spiro atoms. The Bertz CT molecular complexity index is 864. The highest BCUT2D eigenvalue weighted by molar-refractivity contribution is 5.74. The van der Waals surface area contributed by atoms with Crippen LogP contribution in [0.2, 0.25) is 0 Å². The number of amides is 1. The Morgan fingerprint density at radius 3 is 2.14 bits per heavy atom. The average Bonchev–Trinajstić information content (AvgIpc) is 2.72. The summed E-state index contributed by atoms with van der Waals surface area (Å²) >= 11 is 0. The van der Waals surface area contributed by atoms with E-state index in [1.807, 2.05) is 35.2 Å². The summed E-state index contributed by atoms with van der Waals surface area (Å²) in [5, 5.41) is 0. The SMILES string of the molecule is COc1ccc(CC2c3cc(OC)c(OC)cc3CCN2C(C)=O)cc1OC. The lowest BCUT2D eigenvalue weighted by molar-refractivity contribution is -0.131. The third kappa shape index (κ3) is 3.72. The highest BCUT2D eigenvalue weighted by atomic mass is 16.5. The summed E-state index contributed by atoms with van der Waals surface area (Å²) in [6.07, 6.45) is 1.46. The van der Waals surface area contributed by atoms with Gasteiger partial charge in [0.25, 0.3) is 0 Å². The van der Waals surface area contributed by atoms with Gasteiger partial charge in [-0.2, -0.15) is 0 Å². The molecule has 0 radical (unpaired) electrons. The van der Waals surface area contributed by atoms with Gasteiger partial charge in [0, 0.05) is 13.5 Å². The van der Waals surface area contributed by atoms with E-state index >= 15 is 0 Å². The molecule has 1 aliphatic rings. The molecular weight excluding hydrogens is 358 g/mol. The van der Waals surface area contributed by atoms with Crippen molar-refractivity contribution in [1.82, 2.24) is 4.90 Å². The minimum Gasteiger partial charge on any atom is -0.493 e. The minimum absolute atomic E-state index is 0.0610. The van der Waals surface area contributed by atoms with Gasteiger partial charge >= 0.3 is 0 Å². The Kier molecular flexibility index (Phi) is 5.97. The molecule has 2 aromatic rings. The highest BCUT2D eigenvalue weighted by Gasteiger charge is 2.31. The number of hydrogen-bond acceptors (Lipinski definition) is 5. The van der Waals surface area contributed by atoms with Crippen LogP contribution in [0.1, 0.15) is 29.7 Å². The van der Waals surface area contributed by atoms with Gasteiger partial charge in [-0.05, 0) is 53.8 Å². The van der Waals surface area contributed by atoms with Crippen molar-refractivity contribution in [3.8, 4) is 23.0 Å². The van der Waals surface area contributed by atoms with Gasteiger partial charge in [0.05, 0.1) is 34.5 Å². The third-order valence-electron chi connectivity index (χ3n) is 5.28. The Hall–Kier alpha value is -2.89. The van der Waals surface area contributed by atoms with E-state index in [4.69, 9.17) is 18.9 Å². The fourth-order valence-electron chi connectivity index (χ4n) is 3.86. The van der Waals surface area contributed by atoms with Gasteiger partial charge in [0.15, 0.2) is 23.0 Å². The Morgan fingerprint density at radius 1 is 0.929 bits per heavy atom. The average molecular weight is 385 g/mol. The maximum absolute atomic E-state index is 12.3. The standard InChI is InChI=1S/C22H27NO5/c1-14(24)23-9-8-16-12-21(27-4)22(28-5)13-17(16)18(23)10-15-6-7-19(25-2)20(11-15)26-3/h6-7,11-13,18H,8-10H2,1-5H3. The normalized spacial score (nSPS) is 15.6. The van der Waals surface area contributed by atoms with Crippen molar-refractivity contribution in [2.75, 3.05) is 35.0 Å². The minimum atomic E-state index is -0.0841. The van der Waals surface area contributed by atoms with E-state index in [-0.39, 0.29) is 11.9 Å². The number of methoxy groups -OCH3 is 4. The summed E-state index contributed by atoms with van der Waals surface area (Å²) in [4.78, 5) is 14.3. The fourth-order valence-corrected chi connectivity index (χ4v) is 3.86. The first kappa shape index (κ1) is 19.9. The largest absolute Gasteiger partial charge is 0.493 e. The van der Waals surface area contributed by atoms with Crippen LogP contribution in [-0.4, -0.2) is 45.8 Å². The van der Waals surface area contributed by atoms with Gasteiger partial charge < -0.3 is 23.8 Å². The first-order valence-corrected chi connectivity index (χ1v) is 9.25. The number of carbonyl (C=O) groups excluding carboxylic acids is 1. The maximum Gasteiger partial charge on any atom is 0.219 e. The van der Waals surface area contributed by atoms with Crippen LogP contribution in [0.25, 0.3) is 0 Å². The molecule has 3 rings (SSSR count). The summed E-state index contributed by atoms with van der Waals surface area (Å²) in [6, 6.07) is 9.80. The van der Waals surface area contributed by atoms with E-state index in [9.17, 15) is 4.79 Å². The van der Waals surface area contributed by atoms with Gasteiger partial charge in [-0.25, -0.2) is 0 Å². The second-order valence-corrected chi connectivity index (χ2v) is 6.78. The van der Waals surface area contributed by atoms with Crippen LogP contribution >= 0.6 is 0 Å². The monoisotopic (exact) mass is 385 g/mol. The molecule has 150 valence electrons. The number of nitrogens with zero attached hydrogens (tertiary/aromatic N) is 1. The van der Waals surface area contributed by atoms with Crippen LogP contribution in [0.4, 0.5) is 0 Å². The zero-order valence-corrected chi connectivity index (χ0v) is 17.1. The lowest BCUT2D eigenvalue weighted by Gasteiger charge is -2.37. The molecule has 0 N–H and O–H groups in total. The van der Waals surface area contributed by atoms with Crippen LogP contribution in [0.5, 0.6) is 23.0 Å². The molecule has 1 heterocycles. The Balaban J connectivity index is 2.03. The lowest BCUT2D eigenvalue weighted by atomic mass is 9.88. The van der Waals surface area contributed by atoms with Gasteiger partial charge in [-0.3, -0.25) is 4.79 Å². The van der Waals surface area contributed by atoms with Crippen LogP contribution in [0.3, 0.4) is 0 Å². The fraction of sp³-hybridized carbons (Fsp3) is 0.409. The number of benzene rings is 2.